The molecule has 0 radical (unpaired) electrons. The number of carbonyl (C=O) groups is 2. The van der Waals surface area contributed by atoms with Gasteiger partial charge < -0.3 is 21.7 Å². The van der Waals surface area contributed by atoms with Gasteiger partial charge in [0.2, 0.25) is 5.91 Å². The van der Waals surface area contributed by atoms with Crippen LogP contribution in [0, 0.1) is 0 Å². The van der Waals surface area contributed by atoms with E-state index in [1.54, 1.807) is 30.3 Å². The molecular formula is C15H22N4O2. The molecule has 0 saturated carbocycles. The smallest absolute Gasteiger partial charge is 0.319 e. The molecule has 1 rings (SSSR count). The lowest BCUT2D eigenvalue weighted by atomic mass is 10.1. The summed E-state index contributed by atoms with van der Waals surface area (Å²) in [5.74, 6) is -0.207. The lowest BCUT2D eigenvalue weighted by Crippen LogP contribution is -2.35. The van der Waals surface area contributed by atoms with Gasteiger partial charge in [0.05, 0.1) is 6.04 Å². The van der Waals surface area contributed by atoms with Crippen molar-refractivity contribution in [2.24, 2.45) is 5.73 Å². The van der Waals surface area contributed by atoms with Crippen LogP contribution >= 0.6 is 0 Å². The van der Waals surface area contributed by atoms with E-state index in [1.165, 1.54) is 0 Å². The summed E-state index contributed by atoms with van der Waals surface area (Å²) < 4.78 is 0. The molecule has 0 fully saturated rings. The zero-order valence-corrected chi connectivity index (χ0v) is 12.2. The molecule has 21 heavy (non-hydrogen) atoms. The molecule has 0 spiro atoms. The summed E-state index contributed by atoms with van der Waals surface area (Å²) in [4.78, 5) is 23.2. The zero-order valence-electron chi connectivity index (χ0n) is 12.2. The second-order valence-corrected chi connectivity index (χ2v) is 4.59. The van der Waals surface area contributed by atoms with Crippen LogP contribution in [0.1, 0.15) is 19.8 Å². The normalized spacial score (nSPS) is 11.3. The van der Waals surface area contributed by atoms with Crippen molar-refractivity contribution in [1.82, 2.24) is 5.32 Å². The van der Waals surface area contributed by atoms with Gasteiger partial charge in [0.25, 0.3) is 0 Å². The van der Waals surface area contributed by atoms with Gasteiger partial charge in [-0.2, -0.15) is 0 Å². The maximum atomic E-state index is 11.8. The van der Waals surface area contributed by atoms with Crippen molar-refractivity contribution in [3.63, 3.8) is 0 Å². The minimum atomic E-state index is -0.502. The zero-order chi connectivity index (χ0) is 15.7. The van der Waals surface area contributed by atoms with E-state index in [0.717, 1.165) is 6.42 Å². The van der Waals surface area contributed by atoms with E-state index >= 15 is 0 Å². The minimum absolute atomic E-state index is 0.207. The molecule has 1 aromatic rings. The van der Waals surface area contributed by atoms with Gasteiger partial charge in [-0.15, -0.1) is 6.58 Å². The van der Waals surface area contributed by atoms with Crippen LogP contribution in [0.3, 0.4) is 0 Å². The number of carbonyl (C=O) groups excluding carboxylic acids is 2. The SMILES string of the molecule is C=CCNC(=O)Nc1ccc(NC(=O)C(N)CCC)cc1. The third-order valence-electron chi connectivity index (χ3n) is 2.75. The summed E-state index contributed by atoms with van der Waals surface area (Å²) in [6, 6.07) is 6.01. The van der Waals surface area contributed by atoms with Gasteiger partial charge in [0, 0.05) is 17.9 Å². The van der Waals surface area contributed by atoms with E-state index in [9.17, 15) is 9.59 Å². The molecule has 1 unspecified atom stereocenters. The Bertz CT molecular complexity index is 485. The van der Waals surface area contributed by atoms with Gasteiger partial charge in [-0.05, 0) is 30.7 Å². The van der Waals surface area contributed by atoms with E-state index in [-0.39, 0.29) is 11.9 Å². The Labute approximate surface area is 124 Å². The Kier molecular flexibility index (Phi) is 6.97. The van der Waals surface area contributed by atoms with Gasteiger partial charge in [-0.1, -0.05) is 19.4 Å². The fraction of sp³-hybridized carbons (Fsp3) is 0.333. The summed E-state index contributed by atoms with van der Waals surface area (Å²) >= 11 is 0. The Balaban J connectivity index is 2.52. The summed E-state index contributed by atoms with van der Waals surface area (Å²) in [5.41, 5.74) is 7.01. The van der Waals surface area contributed by atoms with E-state index in [0.29, 0.717) is 24.3 Å². The molecular weight excluding hydrogens is 268 g/mol. The lowest BCUT2D eigenvalue weighted by molar-refractivity contribution is -0.117. The van der Waals surface area contributed by atoms with Gasteiger partial charge in [0.1, 0.15) is 0 Å². The van der Waals surface area contributed by atoms with Crippen LogP contribution in [0.15, 0.2) is 36.9 Å². The average Bonchev–Trinajstić information content (AvgIpc) is 2.47. The fourth-order valence-electron chi connectivity index (χ4n) is 1.65. The molecule has 6 heteroatoms. The first kappa shape index (κ1) is 16.7. The molecule has 0 aliphatic carbocycles. The summed E-state index contributed by atoms with van der Waals surface area (Å²) in [6.07, 6.45) is 3.10. The molecule has 3 amide bonds. The van der Waals surface area contributed by atoms with Crippen molar-refractivity contribution in [2.45, 2.75) is 25.8 Å². The van der Waals surface area contributed by atoms with Crippen molar-refractivity contribution < 1.29 is 9.59 Å². The number of nitrogens with two attached hydrogens (primary N) is 1. The molecule has 6 nitrogen and oxygen atoms in total. The monoisotopic (exact) mass is 290 g/mol. The first-order chi connectivity index (χ1) is 10.1. The van der Waals surface area contributed by atoms with Crippen LogP contribution in [0.25, 0.3) is 0 Å². The molecule has 5 N–H and O–H groups in total. The van der Waals surface area contributed by atoms with Crippen LogP contribution in [-0.4, -0.2) is 24.5 Å². The number of benzene rings is 1. The van der Waals surface area contributed by atoms with Crippen molar-refractivity contribution in [3.8, 4) is 0 Å². The molecule has 0 bridgehead atoms. The van der Waals surface area contributed by atoms with Crippen molar-refractivity contribution in [3.05, 3.63) is 36.9 Å². The van der Waals surface area contributed by atoms with Crippen LogP contribution < -0.4 is 21.7 Å². The average molecular weight is 290 g/mol. The largest absolute Gasteiger partial charge is 0.334 e. The number of rotatable bonds is 7. The van der Waals surface area contributed by atoms with E-state index < -0.39 is 6.04 Å². The minimum Gasteiger partial charge on any atom is -0.334 e. The molecule has 114 valence electrons. The predicted molar refractivity (Wildman–Crippen MR) is 85.2 cm³/mol. The van der Waals surface area contributed by atoms with Crippen molar-refractivity contribution in [1.29, 1.82) is 0 Å². The summed E-state index contributed by atoms with van der Waals surface area (Å²) in [5, 5.41) is 8.00. The van der Waals surface area contributed by atoms with E-state index in [4.69, 9.17) is 5.73 Å². The van der Waals surface area contributed by atoms with Gasteiger partial charge in [-0.3, -0.25) is 4.79 Å². The topological polar surface area (TPSA) is 96.2 Å². The summed E-state index contributed by atoms with van der Waals surface area (Å²) in [7, 11) is 0. The third kappa shape index (κ3) is 6.09. The van der Waals surface area contributed by atoms with Crippen LogP contribution in [0.2, 0.25) is 0 Å². The second-order valence-electron chi connectivity index (χ2n) is 4.59. The quantitative estimate of drug-likeness (QED) is 0.579. The van der Waals surface area contributed by atoms with E-state index in [2.05, 4.69) is 22.5 Å². The highest BCUT2D eigenvalue weighted by atomic mass is 16.2. The standard InChI is InChI=1S/C15H22N4O2/c1-3-5-13(16)14(20)18-11-6-8-12(9-7-11)19-15(21)17-10-4-2/h4,6-9,13H,2-3,5,10,16H2,1H3,(H,18,20)(H2,17,19,21). The number of urea groups is 1. The third-order valence-corrected chi connectivity index (χ3v) is 2.75. The number of amides is 3. The molecule has 0 aliphatic rings. The molecule has 0 aliphatic heterocycles. The predicted octanol–water partition coefficient (Wildman–Crippen LogP) is 2.06. The number of hydrogen-bond donors (Lipinski definition) is 4. The van der Waals surface area contributed by atoms with Crippen LogP contribution in [0.4, 0.5) is 16.2 Å². The summed E-state index contributed by atoms with van der Waals surface area (Å²) in [6.45, 7) is 5.89. The number of nitrogens with one attached hydrogen (secondary N) is 3. The van der Waals surface area contributed by atoms with Crippen molar-refractivity contribution in [2.75, 3.05) is 17.2 Å². The highest BCUT2D eigenvalue weighted by Gasteiger charge is 2.12. The first-order valence-corrected chi connectivity index (χ1v) is 6.89. The van der Waals surface area contributed by atoms with Gasteiger partial charge >= 0.3 is 6.03 Å². The van der Waals surface area contributed by atoms with Crippen LogP contribution in [0.5, 0.6) is 0 Å². The van der Waals surface area contributed by atoms with Crippen LogP contribution in [-0.2, 0) is 4.79 Å². The lowest BCUT2D eigenvalue weighted by Gasteiger charge is -2.12. The molecule has 1 atom stereocenters. The Hall–Kier alpha value is -2.34. The van der Waals surface area contributed by atoms with Gasteiger partial charge in [0.15, 0.2) is 0 Å². The molecule has 0 heterocycles. The van der Waals surface area contributed by atoms with Crippen molar-refractivity contribution >= 4 is 23.3 Å². The molecule has 1 aromatic carbocycles. The number of hydrogen-bond acceptors (Lipinski definition) is 3. The highest BCUT2D eigenvalue weighted by molar-refractivity contribution is 5.95. The fourth-order valence-corrected chi connectivity index (χ4v) is 1.65. The van der Waals surface area contributed by atoms with E-state index in [1.807, 2.05) is 6.92 Å². The Morgan fingerprint density at radius 3 is 2.33 bits per heavy atom. The highest BCUT2D eigenvalue weighted by Crippen LogP contribution is 2.14. The second kappa shape index (κ2) is 8.76. The van der Waals surface area contributed by atoms with Gasteiger partial charge in [-0.25, -0.2) is 4.79 Å². The molecule has 0 aromatic heterocycles. The first-order valence-electron chi connectivity index (χ1n) is 6.89. The molecule has 0 saturated heterocycles. The maximum absolute atomic E-state index is 11.8. The Morgan fingerprint density at radius 1 is 1.24 bits per heavy atom. The maximum Gasteiger partial charge on any atom is 0.319 e. The number of anilines is 2. The Morgan fingerprint density at radius 2 is 1.81 bits per heavy atom.